The van der Waals surface area contributed by atoms with Gasteiger partial charge in [-0.2, -0.15) is 0 Å². The van der Waals surface area contributed by atoms with Crippen LogP contribution in [0.3, 0.4) is 0 Å². The number of carbonyl (C=O) groups excluding carboxylic acids is 3. The van der Waals surface area contributed by atoms with E-state index in [-0.39, 0.29) is 40.5 Å². The standard InChI is InChI=1S/C27H38O4/c1-15(2)17-14-27-12-9-20-25(3,10-6-11-26(20,4)24(30)31-5)21(27)13-16(17)22-18(28)7-8-19(29)23(22)27/h14-16,20-23H,6-13H2,1-5H3/t16-,20+,21+,22-,23+,25-,26+,27-/m0/s1. The van der Waals surface area contributed by atoms with E-state index in [0.717, 1.165) is 38.5 Å². The van der Waals surface area contributed by atoms with E-state index >= 15 is 0 Å². The summed E-state index contributed by atoms with van der Waals surface area (Å²) >= 11 is 0. The first-order chi connectivity index (χ1) is 14.6. The van der Waals surface area contributed by atoms with E-state index in [2.05, 4.69) is 33.8 Å². The highest BCUT2D eigenvalue weighted by atomic mass is 16.5. The Bertz CT molecular complexity index is 870. The molecule has 0 aromatic carbocycles. The van der Waals surface area contributed by atoms with Gasteiger partial charge in [-0.05, 0) is 68.1 Å². The second kappa shape index (κ2) is 6.78. The molecule has 0 N–H and O–H groups in total. The van der Waals surface area contributed by atoms with Crippen molar-refractivity contribution in [3.05, 3.63) is 11.6 Å². The number of methoxy groups -OCH3 is 1. The van der Waals surface area contributed by atoms with E-state index in [4.69, 9.17) is 4.74 Å². The summed E-state index contributed by atoms with van der Waals surface area (Å²) in [6.45, 7) is 9.00. The largest absolute Gasteiger partial charge is 0.469 e. The Kier molecular flexibility index (Phi) is 4.68. The number of Topliss-reactive ketones (excluding diaryl/α,β-unsaturated/α-hetero) is 2. The smallest absolute Gasteiger partial charge is 0.311 e. The number of fused-ring (bicyclic) bond motifs is 1. The molecule has 2 bridgehead atoms. The molecule has 4 nitrogen and oxygen atoms in total. The molecule has 0 saturated heterocycles. The van der Waals surface area contributed by atoms with Crippen LogP contribution in [-0.4, -0.2) is 24.6 Å². The summed E-state index contributed by atoms with van der Waals surface area (Å²) in [5.41, 5.74) is 0.777. The van der Waals surface area contributed by atoms with Crippen LogP contribution in [0.4, 0.5) is 0 Å². The molecule has 6 rings (SSSR count). The molecule has 0 radical (unpaired) electrons. The van der Waals surface area contributed by atoms with Crippen LogP contribution in [0.1, 0.15) is 79.1 Å². The van der Waals surface area contributed by atoms with Crippen LogP contribution in [0.15, 0.2) is 11.6 Å². The van der Waals surface area contributed by atoms with E-state index in [9.17, 15) is 14.4 Å². The van der Waals surface area contributed by atoms with Crippen LogP contribution in [0.2, 0.25) is 0 Å². The molecule has 6 aliphatic carbocycles. The molecule has 0 aromatic rings. The molecule has 31 heavy (non-hydrogen) atoms. The number of ketones is 2. The fourth-order valence-electron chi connectivity index (χ4n) is 9.56. The van der Waals surface area contributed by atoms with Gasteiger partial charge in [0.05, 0.1) is 12.5 Å². The monoisotopic (exact) mass is 426 g/mol. The molecule has 0 unspecified atom stereocenters. The molecule has 0 aromatic heterocycles. The number of esters is 1. The van der Waals surface area contributed by atoms with Crippen molar-refractivity contribution in [3.63, 3.8) is 0 Å². The molecular weight excluding hydrogens is 388 g/mol. The number of carbonyl (C=O) groups is 3. The zero-order valence-electron chi connectivity index (χ0n) is 19.8. The fourth-order valence-corrected chi connectivity index (χ4v) is 9.56. The minimum absolute atomic E-state index is 0.00242. The highest BCUT2D eigenvalue weighted by Gasteiger charge is 2.70. The molecule has 1 spiro atoms. The second-order valence-corrected chi connectivity index (χ2v) is 12.1. The van der Waals surface area contributed by atoms with Gasteiger partial charge in [0.15, 0.2) is 0 Å². The normalized spacial score (nSPS) is 48.6. The molecule has 0 aliphatic heterocycles. The summed E-state index contributed by atoms with van der Waals surface area (Å²) in [5, 5.41) is 0. The van der Waals surface area contributed by atoms with Gasteiger partial charge in [0, 0.05) is 30.1 Å². The first-order valence-corrected chi connectivity index (χ1v) is 12.5. The molecule has 4 fully saturated rings. The van der Waals surface area contributed by atoms with E-state index < -0.39 is 5.41 Å². The molecule has 8 atom stereocenters. The van der Waals surface area contributed by atoms with Gasteiger partial charge in [0.25, 0.3) is 0 Å². The van der Waals surface area contributed by atoms with Gasteiger partial charge in [-0.1, -0.05) is 38.8 Å². The van der Waals surface area contributed by atoms with E-state index in [1.165, 1.54) is 12.7 Å². The van der Waals surface area contributed by atoms with Crippen molar-refractivity contribution in [1.82, 2.24) is 0 Å². The van der Waals surface area contributed by atoms with Crippen molar-refractivity contribution in [3.8, 4) is 0 Å². The molecule has 6 aliphatic rings. The average molecular weight is 427 g/mol. The quantitative estimate of drug-likeness (QED) is 0.453. The summed E-state index contributed by atoms with van der Waals surface area (Å²) in [7, 11) is 1.51. The van der Waals surface area contributed by atoms with E-state index in [1.54, 1.807) is 0 Å². The Morgan fingerprint density at radius 2 is 1.77 bits per heavy atom. The first kappa shape index (κ1) is 21.4. The summed E-state index contributed by atoms with van der Waals surface area (Å²) in [6.07, 6.45) is 9.25. The maximum atomic E-state index is 13.4. The van der Waals surface area contributed by atoms with Crippen molar-refractivity contribution in [1.29, 1.82) is 0 Å². The molecule has 0 amide bonds. The lowest BCUT2D eigenvalue weighted by molar-refractivity contribution is -0.201. The van der Waals surface area contributed by atoms with E-state index in [1.807, 2.05) is 0 Å². The van der Waals surface area contributed by atoms with Crippen molar-refractivity contribution in [2.45, 2.75) is 79.1 Å². The Morgan fingerprint density at radius 1 is 1.06 bits per heavy atom. The van der Waals surface area contributed by atoms with Gasteiger partial charge < -0.3 is 4.74 Å². The lowest BCUT2D eigenvalue weighted by atomic mass is 9.33. The summed E-state index contributed by atoms with van der Waals surface area (Å²) < 4.78 is 5.30. The van der Waals surface area contributed by atoms with Gasteiger partial charge in [-0.3, -0.25) is 14.4 Å². The maximum Gasteiger partial charge on any atom is 0.311 e. The van der Waals surface area contributed by atoms with Crippen LogP contribution in [-0.2, 0) is 19.1 Å². The van der Waals surface area contributed by atoms with Gasteiger partial charge in [-0.15, -0.1) is 0 Å². The third-order valence-corrected chi connectivity index (χ3v) is 10.7. The highest BCUT2D eigenvalue weighted by molar-refractivity contribution is 5.98. The molecule has 4 saturated carbocycles. The van der Waals surface area contributed by atoms with Gasteiger partial charge in [0.2, 0.25) is 0 Å². The zero-order chi connectivity index (χ0) is 22.3. The number of allylic oxidation sites excluding steroid dienone is 2. The molecule has 170 valence electrons. The Labute approximate surface area is 186 Å². The van der Waals surface area contributed by atoms with Crippen molar-refractivity contribution < 1.29 is 19.1 Å². The Hall–Kier alpha value is -1.45. The zero-order valence-corrected chi connectivity index (χ0v) is 19.8. The maximum absolute atomic E-state index is 13.4. The van der Waals surface area contributed by atoms with Gasteiger partial charge in [-0.25, -0.2) is 0 Å². The highest BCUT2D eigenvalue weighted by Crippen LogP contribution is 2.74. The molecule has 0 heterocycles. The summed E-state index contributed by atoms with van der Waals surface area (Å²) in [5.74, 6) is 1.61. The average Bonchev–Trinajstić information content (AvgIpc) is 2.74. The minimum Gasteiger partial charge on any atom is -0.469 e. The fraction of sp³-hybridized carbons (Fsp3) is 0.815. The van der Waals surface area contributed by atoms with Crippen LogP contribution in [0.5, 0.6) is 0 Å². The number of hydrogen-bond acceptors (Lipinski definition) is 4. The predicted octanol–water partition coefficient (Wildman–Crippen LogP) is 5.15. The minimum atomic E-state index is -0.448. The molecule has 4 heteroatoms. The lowest BCUT2D eigenvalue weighted by Crippen LogP contribution is -2.67. The molecular formula is C27H38O4. The van der Waals surface area contributed by atoms with Crippen molar-refractivity contribution >= 4 is 17.5 Å². The number of hydrogen-bond donors (Lipinski definition) is 0. The Balaban J connectivity index is 1.65. The van der Waals surface area contributed by atoms with Crippen LogP contribution < -0.4 is 0 Å². The predicted molar refractivity (Wildman–Crippen MR) is 118 cm³/mol. The number of rotatable bonds is 2. The van der Waals surface area contributed by atoms with Crippen LogP contribution in [0.25, 0.3) is 0 Å². The van der Waals surface area contributed by atoms with E-state index in [0.29, 0.717) is 36.2 Å². The third kappa shape index (κ3) is 2.57. The Morgan fingerprint density at radius 3 is 2.45 bits per heavy atom. The topological polar surface area (TPSA) is 60.4 Å². The SMILES string of the molecule is COC(=O)[C@]1(C)CCC[C@]2(C)[C@H]3C[C@H]4C(C(C)C)=C[C@]3(CC[C@H]21)[C@@H]1C(=O)CCC(=O)[C@@H]14. The number of ether oxygens (including phenoxy) is 1. The summed E-state index contributed by atoms with van der Waals surface area (Å²) in [6, 6.07) is 0. The van der Waals surface area contributed by atoms with Gasteiger partial charge in [0.1, 0.15) is 11.6 Å². The van der Waals surface area contributed by atoms with Crippen LogP contribution in [0, 0.1) is 51.8 Å². The summed E-state index contributed by atoms with van der Waals surface area (Å²) in [4.78, 5) is 39.5. The van der Waals surface area contributed by atoms with Crippen molar-refractivity contribution in [2.24, 2.45) is 51.8 Å². The first-order valence-electron chi connectivity index (χ1n) is 12.5. The van der Waals surface area contributed by atoms with Crippen LogP contribution >= 0.6 is 0 Å². The lowest BCUT2D eigenvalue weighted by Gasteiger charge is -2.70. The van der Waals surface area contributed by atoms with Gasteiger partial charge >= 0.3 is 5.97 Å². The third-order valence-electron chi connectivity index (χ3n) is 10.7. The van der Waals surface area contributed by atoms with Crippen molar-refractivity contribution in [2.75, 3.05) is 7.11 Å². The second-order valence-electron chi connectivity index (χ2n) is 12.1.